The molecule has 0 amide bonds. The van der Waals surface area contributed by atoms with Crippen LogP contribution >= 0.6 is 0 Å². The quantitative estimate of drug-likeness (QED) is 0.635. The lowest BCUT2D eigenvalue weighted by Gasteiger charge is -2.32. The van der Waals surface area contributed by atoms with Crippen LogP contribution in [0, 0.1) is 6.92 Å². The molecular weight excluding hydrogens is 406 g/mol. The molecular formula is C24H29N5O3. The van der Waals surface area contributed by atoms with Crippen LogP contribution in [0.4, 0.5) is 0 Å². The molecule has 0 unspecified atom stereocenters. The summed E-state index contributed by atoms with van der Waals surface area (Å²) >= 11 is 0. The molecule has 8 heteroatoms. The van der Waals surface area contributed by atoms with Crippen LogP contribution in [-0.4, -0.2) is 58.3 Å². The average Bonchev–Trinajstić information content (AvgIpc) is 2.82. The number of fused-ring (bicyclic) bond motifs is 2. The molecule has 3 aromatic rings. The molecule has 1 fully saturated rings. The largest absolute Gasteiger partial charge is 0.486 e. The Morgan fingerprint density at radius 2 is 1.84 bits per heavy atom. The molecule has 0 spiro atoms. The number of likely N-dealkylation sites (tertiary alicyclic amines) is 1. The van der Waals surface area contributed by atoms with E-state index in [0.29, 0.717) is 25.8 Å². The lowest BCUT2D eigenvalue weighted by molar-refractivity contribution is 0.170. The monoisotopic (exact) mass is 435 g/mol. The maximum atomic E-state index is 12.5. The molecule has 0 atom stereocenters. The molecule has 0 bridgehead atoms. The minimum absolute atomic E-state index is 0.0355. The van der Waals surface area contributed by atoms with Crippen molar-refractivity contribution >= 4 is 11.0 Å². The second-order valence-electron chi connectivity index (χ2n) is 8.56. The third-order valence-corrected chi connectivity index (χ3v) is 6.26. The zero-order chi connectivity index (χ0) is 21.9. The van der Waals surface area contributed by atoms with Gasteiger partial charge in [0.05, 0.1) is 22.9 Å². The van der Waals surface area contributed by atoms with E-state index in [1.54, 1.807) is 18.3 Å². The molecule has 1 saturated heterocycles. The van der Waals surface area contributed by atoms with Gasteiger partial charge in [-0.15, -0.1) is 0 Å². The molecule has 1 N–H and O–H groups in total. The Bertz CT molecular complexity index is 1150. The highest BCUT2D eigenvalue weighted by atomic mass is 16.6. The molecule has 168 valence electrons. The lowest BCUT2D eigenvalue weighted by atomic mass is 10.0. The number of piperidine rings is 1. The molecule has 2 aliphatic heterocycles. The van der Waals surface area contributed by atoms with E-state index in [4.69, 9.17) is 9.47 Å². The zero-order valence-corrected chi connectivity index (χ0v) is 18.4. The first kappa shape index (κ1) is 20.9. The van der Waals surface area contributed by atoms with Crippen molar-refractivity contribution in [3.8, 4) is 11.5 Å². The highest BCUT2D eigenvalue weighted by Gasteiger charge is 2.20. The molecule has 32 heavy (non-hydrogen) atoms. The number of ether oxygens (including phenoxy) is 2. The molecule has 0 saturated carbocycles. The standard InChI is InChI=1S/C24H29N5O3/c1-17-12-21-20(27-14-17)2-3-24(30)29(21)9-8-28-6-4-18(5-7-28)25-15-19-13-22-23(16-26-19)32-11-10-31-22/h2-3,12-14,16,18,25H,4-11,15H2,1H3. The number of rotatable bonds is 6. The summed E-state index contributed by atoms with van der Waals surface area (Å²) in [6.45, 7) is 7.47. The second-order valence-corrected chi connectivity index (χ2v) is 8.56. The van der Waals surface area contributed by atoms with Gasteiger partial charge in [-0.3, -0.25) is 14.8 Å². The molecule has 8 nitrogen and oxygen atoms in total. The molecule has 0 radical (unpaired) electrons. The van der Waals surface area contributed by atoms with Crippen molar-refractivity contribution < 1.29 is 9.47 Å². The van der Waals surface area contributed by atoms with E-state index < -0.39 is 0 Å². The highest BCUT2D eigenvalue weighted by molar-refractivity contribution is 5.74. The summed E-state index contributed by atoms with van der Waals surface area (Å²) in [5.41, 5.74) is 3.85. The number of pyridine rings is 3. The first-order valence-corrected chi connectivity index (χ1v) is 11.3. The van der Waals surface area contributed by atoms with Gasteiger partial charge in [-0.2, -0.15) is 0 Å². The van der Waals surface area contributed by atoms with Gasteiger partial charge in [0.25, 0.3) is 5.56 Å². The minimum atomic E-state index is 0.0355. The summed E-state index contributed by atoms with van der Waals surface area (Å²) in [5.74, 6) is 1.51. The number of nitrogens with zero attached hydrogens (tertiary/aromatic N) is 4. The third kappa shape index (κ3) is 4.61. The van der Waals surface area contributed by atoms with Crippen molar-refractivity contribution in [3.63, 3.8) is 0 Å². The summed E-state index contributed by atoms with van der Waals surface area (Å²) in [6.07, 6.45) is 5.75. The number of hydrogen-bond acceptors (Lipinski definition) is 7. The maximum absolute atomic E-state index is 12.5. The van der Waals surface area contributed by atoms with Crippen LogP contribution in [0.25, 0.3) is 11.0 Å². The maximum Gasteiger partial charge on any atom is 0.251 e. The first-order chi connectivity index (χ1) is 15.7. The topological polar surface area (TPSA) is 81.5 Å². The summed E-state index contributed by atoms with van der Waals surface area (Å²) in [6, 6.07) is 7.91. The predicted molar refractivity (Wildman–Crippen MR) is 122 cm³/mol. The van der Waals surface area contributed by atoms with Gasteiger partial charge in [-0.05, 0) is 50.6 Å². The molecule has 5 heterocycles. The van der Waals surface area contributed by atoms with Crippen LogP contribution in [0.15, 0.2) is 41.5 Å². The lowest BCUT2D eigenvalue weighted by Crippen LogP contribution is -2.43. The highest BCUT2D eigenvalue weighted by Crippen LogP contribution is 2.29. The molecule has 0 aliphatic carbocycles. The Labute approximate surface area is 187 Å². The van der Waals surface area contributed by atoms with Gasteiger partial charge < -0.3 is 24.3 Å². The van der Waals surface area contributed by atoms with Gasteiger partial charge in [-0.1, -0.05) is 0 Å². The third-order valence-electron chi connectivity index (χ3n) is 6.26. The van der Waals surface area contributed by atoms with Gasteiger partial charge >= 0.3 is 0 Å². The first-order valence-electron chi connectivity index (χ1n) is 11.3. The van der Waals surface area contributed by atoms with Gasteiger partial charge in [-0.25, -0.2) is 0 Å². The van der Waals surface area contributed by atoms with Crippen molar-refractivity contribution in [2.75, 3.05) is 32.8 Å². The molecule has 2 aliphatic rings. The van der Waals surface area contributed by atoms with Crippen LogP contribution < -0.4 is 20.3 Å². The van der Waals surface area contributed by atoms with Crippen LogP contribution in [0.1, 0.15) is 24.1 Å². The SMILES string of the molecule is Cc1cnc2ccc(=O)n(CCN3CCC(NCc4cc5c(cn4)OCCO5)CC3)c2c1. The fourth-order valence-corrected chi connectivity index (χ4v) is 4.44. The van der Waals surface area contributed by atoms with Gasteiger partial charge in [0, 0.05) is 44.0 Å². The van der Waals surface area contributed by atoms with Crippen LogP contribution in [0.3, 0.4) is 0 Å². The van der Waals surface area contributed by atoms with Gasteiger partial charge in [0.2, 0.25) is 0 Å². The molecule has 3 aromatic heterocycles. The summed E-state index contributed by atoms with van der Waals surface area (Å²) in [4.78, 5) is 23.8. The van der Waals surface area contributed by atoms with Crippen LogP contribution in [0.5, 0.6) is 11.5 Å². The molecule has 5 rings (SSSR count). The Morgan fingerprint density at radius 3 is 2.69 bits per heavy atom. The van der Waals surface area contributed by atoms with Crippen LogP contribution in [0.2, 0.25) is 0 Å². The number of hydrogen-bond donors (Lipinski definition) is 1. The van der Waals surface area contributed by atoms with Gasteiger partial charge in [0.15, 0.2) is 11.5 Å². The van der Waals surface area contributed by atoms with E-state index in [2.05, 4.69) is 20.2 Å². The number of aromatic nitrogens is 3. The fraction of sp³-hybridized carbons (Fsp3) is 0.458. The summed E-state index contributed by atoms with van der Waals surface area (Å²) in [7, 11) is 0. The average molecular weight is 436 g/mol. The van der Waals surface area contributed by atoms with E-state index in [1.807, 2.05) is 29.8 Å². The normalized spacial score (nSPS) is 17.0. The van der Waals surface area contributed by atoms with E-state index in [1.165, 1.54) is 0 Å². The Morgan fingerprint density at radius 1 is 1.03 bits per heavy atom. The van der Waals surface area contributed by atoms with Crippen LogP contribution in [-0.2, 0) is 13.1 Å². The van der Waals surface area contributed by atoms with E-state index in [-0.39, 0.29) is 5.56 Å². The predicted octanol–water partition coefficient (Wildman–Crippen LogP) is 2.13. The molecule has 0 aromatic carbocycles. The van der Waals surface area contributed by atoms with E-state index in [9.17, 15) is 4.79 Å². The van der Waals surface area contributed by atoms with Crippen molar-refractivity contribution in [3.05, 3.63) is 58.3 Å². The summed E-state index contributed by atoms with van der Waals surface area (Å²) < 4.78 is 13.0. The smallest absolute Gasteiger partial charge is 0.251 e. The Kier molecular flexibility index (Phi) is 6.05. The van der Waals surface area contributed by atoms with E-state index in [0.717, 1.165) is 72.8 Å². The minimum Gasteiger partial charge on any atom is -0.486 e. The fourth-order valence-electron chi connectivity index (χ4n) is 4.44. The van der Waals surface area contributed by atoms with E-state index >= 15 is 0 Å². The zero-order valence-electron chi connectivity index (χ0n) is 18.4. The second kappa shape index (κ2) is 9.26. The number of nitrogens with one attached hydrogen (secondary N) is 1. The van der Waals surface area contributed by atoms with Gasteiger partial charge in [0.1, 0.15) is 13.2 Å². The number of aryl methyl sites for hydroxylation is 1. The van der Waals surface area contributed by atoms with Crippen molar-refractivity contribution in [2.45, 2.75) is 38.9 Å². The van der Waals surface area contributed by atoms with Crippen molar-refractivity contribution in [1.82, 2.24) is 24.8 Å². The summed E-state index contributed by atoms with van der Waals surface area (Å²) in [5, 5.41) is 3.63. The Balaban J connectivity index is 1.13. The Hall–Kier alpha value is -2.97. The van der Waals surface area contributed by atoms with Crippen molar-refractivity contribution in [1.29, 1.82) is 0 Å². The van der Waals surface area contributed by atoms with Crippen molar-refractivity contribution in [2.24, 2.45) is 0 Å².